The molecule has 5 heteroatoms. The summed E-state index contributed by atoms with van der Waals surface area (Å²) < 4.78 is 1.54. The van der Waals surface area contributed by atoms with Gasteiger partial charge in [-0.1, -0.05) is 20.8 Å². The van der Waals surface area contributed by atoms with E-state index in [0.717, 1.165) is 0 Å². The third-order valence-corrected chi connectivity index (χ3v) is 2.75. The lowest BCUT2D eigenvalue weighted by Crippen LogP contribution is -2.25. The SMILES string of the molecule is CC(C)(C)C(=O)n1ccc2cc([N+](=O)[O-])ccc21. The van der Waals surface area contributed by atoms with Crippen LogP contribution < -0.4 is 0 Å². The molecule has 0 fully saturated rings. The van der Waals surface area contributed by atoms with Crippen LogP contribution >= 0.6 is 0 Å². The van der Waals surface area contributed by atoms with Crippen LogP contribution in [0.25, 0.3) is 10.9 Å². The van der Waals surface area contributed by atoms with E-state index in [1.54, 1.807) is 22.9 Å². The molecule has 0 N–H and O–H groups in total. The minimum Gasteiger partial charge on any atom is -0.287 e. The van der Waals surface area contributed by atoms with Crippen LogP contribution in [0.1, 0.15) is 25.6 Å². The average Bonchev–Trinajstić information content (AvgIpc) is 2.68. The molecule has 5 nitrogen and oxygen atoms in total. The molecule has 0 aliphatic carbocycles. The maximum absolute atomic E-state index is 12.2. The van der Waals surface area contributed by atoms with Crippen LogP contribution in [0.3, 0.4) is 0 Å². The van der Waals surface area contributed by atoms with Crippen molar-refractivity contribution in [1.82, 2.24) is 4.57 Å². The summed E-state index contributed by atoms with van der Waals surface area (Å²) in [4.78, 5) is 22.4. The zero-order chi connectivity index (χ0) is 13.5. The Morgan fingerprint density at radius 3 is 2.50 bits per heavy atom. The van der Waals surface area contributed by atoms with Crippen molar-refractivity contribution in [2.75, 3.05) is 0 Å². The molecule has 1 heterocycles. The van der Waals surface area contributed by atoms with Crippen LogP contribution in [-0.4, -0.2) is 15.4 Å². The molecule has 0 saturated carbocycles. The highest BCUT2D eigenvalue weighted by molar-refractivity contribution is 5.95. The van der Waals surface area contributed by atoms with E-state index in [-0.39, 0.29) is 11.6 Å². The van der Waals surface area contributed by atoms with E-state index in [9.17, 15) is 14.9 Å². The first-order valence-corrected chi connectivity index (χ1v) is 5.61. The second-order valence-corrected chi connectivity index (χ2v) is 5.24. The minimum atomic E-state index is -0.492. The summed E-state index contributed by atoms with van der Waals surface area (Å²) in [5.41, 5.74) is 0.234. The van der Waals surface area contributed by atoms with Gasteiger partial charge in [0.15, 0.2) is 0 Å². The topological polar surface area (TPSA) is 65.1 Å². The van der Waals surface area contributed by atoms with Crippen LogP contribution in [0.15, 0.2) is 30.5 Å². The summed E-state index contributed by atoms with van der Waals surface area (Å²) >= 11 is 0. The first-order chi connectivity index (χ1) is 8.30. The van der Waals surface area contributed by atoms with Gasteiger partial charge < -0.3 is 0 Å². The Morgan fingerprint density at radius 1 is 1.28 bits per heavy atom. The van der Waals surface area contributed by atoms with E-state index in [4.69, 9.17) is 0 Å². The molecule has 1 aromatic carbocycles. The number of hydrogen-bond donors (Lipinski definition) is 0. The van der Waals surface area contributed by atoms with E-state index < -0.39 is 10.3 Å². The zero-order valence-electron chi connectivity index (χ0n) is 10.5. The number of fused-ring (bicyclic) bond motifs is 1. The van der Waals surface area contributed by atoms with E-state index in [2.05, 4.69) is 0 Å². The Balaban J connectivity index is 2.56. The number of hydrogen-bond acceptors (Lipinski definition) is 3. The summed E-state index contributed by atoms with van der Waals surface area (Å²) in [6, 6.07) is 6.21. The van der Waals surface area contributed by atoms with Crippen LogP contribution in [0.2, 0.25) is 0 Å². The number of benzene rings is 1. The predicted octanol–water partition coefficient (Wildman–Crippen LogP) is 3.24. The van der Waals surface area contributed by atoms with Gasteiger partial charge in [0.05, 0.1) is 10.4 Å². The number of carbonyl (C=O) groups excluding carboxylic acids is 1. The fraction of sp³-hybridized carbons (Fsp3) is 0.308. The smallest absolute Gasteiger partial charge is 0.270 e. The van der Waals surface area contributed by atoms with Gasteiger partial charge in [-0.2, -0.15) is 0 Å². The van der Waals surface area contributed by atoms with Gasteiger partial charge in [0.1, 0.15) is 0 Å². The second kappa shape index (κ2) is 3.94. The molecule has 0 unspecified atom stereocenters. The van der Waals surface area contributed by atoms with Gasteiger partial charge in [-0.3, -0.25) is 19.5 Å². The Morgan fingerprint density at radius 2 is 1.94 bits per heavy atom. The van der Waals surface area contributed by atoms with Crippen LogP contribution in [0.5, 0.6) is 0 Å². The van der Waals surface area contributed by atoms with Crippen molar-refractivity contribution in [1.29, 1.82) is 0 Å². The molecule has 0 bridgehead atoms. The summed E-state index contributed by atoms with van der Waals surface area (Å²) in [7, 11) is 0. The molecule has 2 aromatic rings. The third-order valence-electron chi connectivity index (χ3n) is 2.75. The standard InChI is InChI=1S/C13H14N2O3/c1-13(2,3)12(16)14-7-6-9-8-10(15(17)18)4-5-11(9)14/h4-8H,1-3H3. The number of nitro benzene ring substituents is 1. The van der Waals surface area contributed by atoms with Crippen molar-refractivity contribution >= 4 is 22.5 Å². The van der Waals surface area contributed by atoms with Crippen molar-refractivity contribution in [3.63, 3.8) is 0 Å². The zero-order valence-corrected chi connectivity index (χ0v) is 10.5. The normalized spacial score (nSPS) is 11.7. The number of non-ortho nitro benzene ring substituents is 1. The van der Waals surface area contributed by atoms with E-state index in [0.29, 0.717) is 10.9 Å². The van der Waals surface area contributed by atoms with Gasteiger partial charge >= 0.3 is 0 Å². The number of carbonyl (C=O) groups is 1. The fourth-order valence-corrected chi connectivity index (χ4v) is 1.78. The van der Waals surface area contributed by atoms with Crippen molar-refractivity contribution in [3.8, 4) is 0 Å². The molecular weight excluding hydrogens is 232 g/mol. The number of rotatable bonds is 1. The number of aromatic nitrogens is 1. The fourth-order valence-electron chi connectivity index (χ4n) is 1.78. The molecule has 0 saturated heterocycles. The highest BCUT2D eigenvalue weighted by Crippen LogP contribution is 2.25. The molecule has 18 heavy (non-hydrogen) atoms. The lowest BCUT2D eigenvalue weighted by molar-refractivity contribution is -0.384. The lowest BCUT2D eigenvalue weighted by Gasteiger charge is -2.17. The molecule has 0 radical (unpaired) electrons. The van der Waals surface area contributed by atoms with Crippen molar-refractivity contribution in [2.24, 2.45) is 5.41 Å². The van der Waals surface area contributed by atoms with Gasteiger partial charge in [0.25, 0.3) is 5.69 Å². The molecule has 94 valence electrons. The maximum Gasteiger partial charge on any atom is 0.270 e. The van der Waals surface area contributed by atoms with E-state index >= 15 is 0 Å². The molecule has 1 aromatic heterocycles. The molecule has 2 rings (SSSR count). The average molecular weight is 246 g/mol. The Hall–Kier alpha value is -2.17. The summed E-state index contributed by atoms with van der Waals surface area (Å²) in [6.45, 7) is 5.52. The monoisotopic (exact) mass is 246 g/mol. The summed E-state index contributed by atoms with van der Waals surface area (Å²) in [6.07, 6.45) is 1.65. The Bertz CT molecular complexity index is 635. The Kier molecular flexibility index (Phi) is 2.69. The molecular formula is C13H14N2O3. The second-order valence-electron chi connectivity index (χ2n) is 5.24. The molecule has 0 aliphatic rings. The van der Waals surface area contributed by atoms with Crippen molar-refractivity contribution in [3.05, 3.63) is 40.6 Å². The van der Waals surface area contributed by atoms with Crippen molar-refractivity contribution in [2.45, 2.75) is 20.8 Å². The van der Waals surface area contributed by atoms with Gasteiger partial charge in [0.2, 0.25) is 5.91 Å². The first kappa shape index (κ1) is 12.3. The van der Waals surface area contributed by atoms with Gasteiger partial charge in [-0.25, -0.2) is 0 Å². The summed E-state index contributed by atoms with van der Waals surface area (Å²) in [5.74, 6) is -0.0358. The van der Waals surface area contributed by atoms with Gasteiger partial charge in [-0.05, 0) is 12.1 Å². The maximum atomic E-state index is 12.2. The van der Waals surface area contributed by atoms with E-state index in [1.807, 2.05) is 20.8 Å². The van der Waals surface area contributed by atoms with Crippen LogP contribution in [0.4, 0.5) is 5.69 Å². The predicted molar refractivity (Wildman–Crippen MR) is 68.7 cm³/mol. The summed E-state index contributed by atoms with van der Waals surface area (Å²) in [5, 5.41) is 11.4. The minimum absolute atomic E-state index is 0.0310. The molecule has 0 spiro atoms. The highest BCUT2D eigenvalue weighted by atomic mass is 16.6. The third kappa shape index (κ3) is 1.99. The largest absolute Gasteiger partial charge is 0.287 e. The molecule has 0 aliphatic heterocycles. The quantitative estimate of drug-likeness (QED) is 0.573. The first-order valence-electron chi connectivity index (χ1n) is 5.61. The van der Waals surface area contributed by atoms with Crippen LogP contribution in [0, 0.1) is 15.5 Å². The van der Waals surface area contributed by atoms with E-state index in [1.165, 1.54) is 12.1 Å². The number of nitro groups is 1. The van der Waals surface area contributed by atoms with Gasteiger partial charge in [0, 0.05) is 29.1 Å². The number of nitrogens with zero attached hydrogens (tertiary/aromatic N) is 2. The van der Waals surface area contributed by atoms with Gasteiger partial charge in [-0.15, -0.1) is 0 Å². The molecule has 0 atom stereocenters. The lowest BCUT2D eigenvalue weighted by atomic mass is 9.95. The Labute approximate surface area is 104 Å². The van der Waals surface area contributed by atoms with Crippen molar-refractivity contribution < 1.29 is 9.72 Å². The molecule has 0 amide bonds. The highest BCUT2D eigenvalue weighted by Gasteiger charge is 2.24. The van der Waals surface area contributed by atoms with Crippen LogP contribution in [-0.2, 0) is 0 Å².